The Morgan fingerprint density at radius 3 is 1.83 bits per heavy atom. The molecule has 1 aromatic rings. The van der Waals surface area contributed by atoms with Gasteiger partial charge in [-0.2, -0.15) is 0 Å². The Balaban J connectivity index is 2.84. The Morgan fingerprint density at radius 2 is 1.35 bits per heavy atom. The molecule has 0 atom stereocenters. The molecule has 0 unspecified atom stereocenters. The van der Waals surface area contributed by atoms with Crippen molar-refractivity contribution in [2.75, 3.05) is 0 Å². The molecule has 0 nitrogen and oxygen atoms in total. The van der Waals surface area contributed by atoms with Crippen molar-refractivity contribution in [1.29, 1.82) is 0 Å². The third-order valence-electron chi connectivity index (χ3n) is 5.00. The van der Waals surface area contributed by atoms with Crippen molar-refractivity contribution in [3.8, 4) is 0 Å². The van der Waals surface area contributed by atoms with E-state index in [9.17, 15) is 0 Å². The summed E-state index contributed by atoms with van der Waals surface area (Å²) in [6.07, 6.45) is 8.55. The summed E-state index contributed by atoms with van der Waals surface area (Å²) in [6, 6.07) is 7.00. The van der Waals surface area contributed by atoms with E-state index in [0.717, 1.165) is 0 Å². The molecule has 0 spiro atoms. The Bertz CT molecular complexity index is 420. The molecule has 1 aromatic carbocycles. The zero-order valence-corrected chi connectivity index (χ0v) is 19.9. The minimum atomic E-state index is -2.02. The molecule has 0 aromatic heterocycles. The van der Waals surface area contributed by atoms with Gasteiger partial charge in [0.05, 0.1) is 0 Å². The number of benzene rings is 1. The fourth-order valence-electron chi connectivity index (χ4n) is 3.27. The van der Waals surface area contributed by atoms with Crippen LogP contribution in [0.15, 0.2) is 18.2 Å². The first-order valence-corrected chi connectivity index (χ1v) is 20.3. The fraction of sp³-hybridized carbons (Fsp3) is 0.714. The van der Waals surface area contributed by atoms with Crippen LogP contribution >= 0.6 is 8.95 Å². The molecule has 0 amide bonds. The van der Waals surface area contributed by atoms with Crippen molar-refractivity contribution in [1.82, 2.24) is 0 Å². The van der Waals surface area contributed by atoms with Crippen molar-refractivity contribution < 1.29 is 0 Å². The van der Waals surface area contributed by atoms with Crippen molar-refractivity contribution >= 4 is 25.9 Å². The Hall–Kier alpha value is 0.369. The maximum atomic E-state index is 2.47. The molecule has 0 saturated carbocycles. The summed E-state index contributed by atoms with van der Waals surface area (Å²) in [5, 5.41) is 0. The molecule has 2 heteroatoms. The predicted octanol–water partition coefficient (Wildman–Crippen LogP) is 7.88. The molecule has 0 N–H and O–H groups in total. The average molecular weight is 441 g/mol. The third kappa shape index (κ3) is 7.86. The molecular formula is C21H38SSn. The molecular weight excluding hydrogens is 403 g/mol. The normalized spacial score (nSPS) is 11.9. The van der Waals surface area contributed by atoms with Gasteiger partial charge >= 0.3 is 153 Å². The molecule has 0 aliphatic carbocycles. The molecule has 0 aliphatic heterocycles. The summed E-state index contributed by atoms with van der Waals surface area (Å²) in [6.45, 7) is 11.6. The number of hydrogen-bond acceptors (Lipinski definition) is 1. The second kappa shape index (κ2) is 11.8. The summed E-state index contributed by atoms with van der Waals surface area (Å²) in [7, 11) is 2.47. The van der Waals surface area contributed by atoms with Crippen LogP contribution in [0, 0.1) is 13.8 Å². The maximum absolute atomic E-state index is 2.47. The van der Waals surface area contributed by atoms with Crippen LogP contribution in [0.5, 0.6) is 0 Å². The van der Waals surface area contributed by atoms with Gasteiger partial charge in [0.15, 0.2) is 0 Å². The second-order valence-corrected chi connectivity index (χ2v) is 27.1. The molecule has 0 saturated heterocycles. The van der Waals surface area contributed by atoms with Crippen LogP contribution in [-0.2, 0) is 5.75 Å². The van der Waals surface area contributed by atoms with Crippen LogP contribution in [0.1, 0.15) is 76.0 Å². The molecule has 1 rings (SSSR count). The van der Waals surface area contributed by atoms with E-state index in [4.69, 9.17) is 0 Å². The van der Waals surface area contributed by atoms with Gasteiger partial charge in [0.2, 0.25) is 0 Å². The Labute approximate surface area is 152 Å². The van der Waals surface area contributed by atoms with E-state index in [1.807, 2.05) is 0 Å². The van der Waals surface area contributed by atoms with Crippen LogP contribution in [0.4, 0.5) is 0 Å². The Morgan fingerprint density at radius 1 is 0.826 bits per heavy atom. The first-order chi connectivity index (χ1) is 11.1. The predicted molar refractivity (Wildman–Crippen MR) is 112 cm³/mol. The van der Waals surface area contributed by atoms with Crippen molar-refractivity contribution in [3.63, 3.8) is 0 Å². The van der Waals surface area contributed by atoms with Crippen LogP contribution in [0.25, 0.3) is 0 Å². The summed E-state index contributed by atoms with van der Waals surface area (Å²) in [4.78, 5) is 0. The zero-order chi connectivity index (χ0) is 17.1. The molecule has 0 aliphatic rings. The standard InChI is InChI=1S/C9H12S.3C4H9.Sn/c1-7-3-4-8(2)9(5-7)6-10;3*1-3-4-2;/h3-5,10H,6H2,1-2H3;3*1,3-4H2,2H3;/q;;;;+1/p-1. The van der Waals surface area contributed by atoms with E-state index in [1.165, 1.54) is 55.4 Å². The number of unbranched alkanes of at least 4 members (excludes halogenated alkanes) is 3. The van der Waals surface area contributed by atoms with Gasteiger partial charge in [-0.1, -0.05) is 0 Å². The molecule has 23 heavy (non-hydrogen) atoms. The van der Waals surface area contributed by atoms with Gasteiger partial charge in [0, 0.05) is 0 Å². The minimum absolute atomic E-state index is 1.28. The Kier molecular flexibility index (Phi) is 11.0. The molecule has 0 bridgehead atoms. The molecule has 0 heterocycles. The monoisotopic (exact) mass is 442 g/mol. The van der Waals surface area contributed by atoms with Crippen molar-refractivity contribution in [2.24, 2.45) is 0 Å². The molecule has 0 radical (unpaired) electrons. The van der Waals surface area contributed by atoms with E-state index >= 15 is 0 Å². The summed E-state index contributed by atoms with van der Waals surface area (Å²) in [5.74, 6) is 1.28. The number of rotatable bonds is 12. The molecule has 0 fully saturated rings. The number of hydrogen-bond donors (Lipinski definition) is 0. The first-order valence-electron chi connectivity index (χ1n) is 9.77. The first kappa shape index (κ1) is 21.4. The molecule has 132 valence electrons. The third-order valence-corrected chi connectivity index (χ3v) is 27.5. The zero-order valence-electron chi connectivity index (χ0n) is 16.2. The van der Waals surface area contributed by atoms with E-state index in [-0.39, 0.29) is 0 Å². The SMILES string of the molecule is CCC[CH2][Sn]([CH2]CCC)([CH2]CCC)[S]Cc1cc(C)ccc1C. The van der Waals surface area contributed by atoms with Gasteiger partial charge in [-0.15, -0.1) is 0 Å². The van der Waals surface area contributed by atoms with Gasteiger partial charge in [0.25, 0.3) is 0 Å². The van der Waals surface area contributed by atoms with Crippen LogP contribution in [-0.4, -0.2) is 17.0 Å². The van der Waals surface area contributed by atoms with E-state index in [1.54, 1.807) is 18.9 Å². The van der Waals surface area contributed by atoms with Gasteiger partial charge < -0.3 is 0 Å². The average Bonchev–Trinajstić information content (AvgIpc) is 2.56. The second-order valence-electron chi connectivity index (χ2n) is 7.21. The van der Waals surface area contributed by atoms with Crippen LogP contribution in [0.2, 0.25) is 13.3 Å². The van der Waals surface area contributed by atoms with E-state index in [2.05, 4.69) is 61.8 Å². The van der Waals surface area contributed by atoms with Gasteiger partial charge in [-0.3, -0.25) is 0 Å². The summed E-state index contributed by atoms with van der Waals surface area (Å²) >= 11 is -2.02. The van der Waals surface area contributed by atoms with Crippen molar-refractivity contribution in [3.05, 3.63) is 34.9 Å². The summed E-state index contributed by atoms with van der Waals surface area (Å²) in [5.41, 5.74) is 4.51. The fourth-order valence-corrected chi connectivity index (χ4v) is 25.7. The quantitative estimate of drug-likeness (QED) is 0.297. The van der Waals surface area contributed by atoms with E-state index in [0.29, 0.717) is 0 Å². The number of aryl methyl sites for hydroxylation is 2. The van der Waals surface area contributed by atoms with Gasteiger partial charge in [-0.25, -0.2) is 0 Å². The van der Waals surface area contributed by atoms with Gasteiger partial charge in [0.1, 0.15) is 0 Å². The van der Waals surface area contributed by atoms with Crippen molar-refractivity contribution in [2.45, 2.75) is 92.2 Å². The van der Waals surface area contributed by atoms with Crippen LogP contribution in [0.3, 0.4) is 0 Å². The topological polar surface area (TPSA) is 0 Å². The van der Waals surface area contributed by atoms with Gasteiger partial charge in [-0.05, 0) is 0 Å². The summed E-state index contributed by atoms with van der Waals surface area (Å²) < 4.78 is 4.84. The van der Waals surface area contributed by atoms with Crippen LogP contribution < -0.4 is 0 Å². The van der Waals surface area contributed by atoms with E-state index < -0.39 is 17.0 Å².